The minimum atomic E-state index is -0.101. The van der Waals surface area contributed by atoms with E-state index >= 15 is 0 Å². The van der Waals surface area contributed by atoms with Crippen LogP contribution in [0.4, 0.5) is 0 Å². The van der Waals surface area contributed by atoms with Crippen molar-refractivity contribution in [2.45, 2.75) is 84.3 Å². The quantitative estimate of drug-likeness (QED) is 0.447. The molecule has 0 aliphatic heterocycles. The number of hydrogen-bond donors (Lipinski definition) is 2. The fraction of sp³-hybridized carbons (Fsp3) is 0.923. The minimum absolute atomic E-state index is 0.101. The Kier molecular flexibility index (Phi) is 6.99. The lowest BCUT2D eigenvalue weighted by molar-refractivity contribution is -0.0538. The molecule has 0 unspecified atom stereocenters. The number of rotatable bonds is 8. The van der Waals surface area contributed by atoms with E-state index in [1.54, 1.807) is 12.7 Å². The normalized spacial score (nSPS) is 44.0. The number of ether oxygens (including phenoxy) is 2. The van der Waals surface area contributed by atoms with E-state index in [0.29, 0.717) is 30.1 Å². The molecule has 3 saturated carbocycles. The first-order valence-electron chi connectivity index (χ1n) is 12.6. The SMILES string of the molecule is COCCOCCN[C@@H](C)[C@H]1CC[C@H]2[C@@H]3CC=C4C[C@@H](O)CC[C@]4(C)[C@H]3CC[C@]12C. The van der Waals surface area contributed by atoms with Gasteiger partial charge in [-0.2, -0.15) is 0 Å². The second kappa shape index (κ2) is 9.21. The van der Waals surface area contributed by atoms with Gasteiger partial charge >= 0.3 is 0 Å². The Morgan fingerprint density at radius 1 is 1.10 bits per heavy atom. The topological polar surface area (TPSA) is 50.7 Å². The van der Waals surface area contributed by atoms with E-state index in [2.05, 4.69) is 32.2 Å². The van der Waals surface area contributed by atoms with Gasteiger partial charge in [0.25, 0.3) is 0 Å². The van der Waals surface area contributed by atoms with E-state index in [1.165, 1.54) is 38.5 Å². The third-order valence-corrected chi connectivity index (χ3v) is 9.90. The summed E-state index contributed by atoms with van der Waals surface area (Å²) in [5.74, 6) is 3.32. The van der Waals surface area contributed by atoms with Gasteiger partial charge in [0.05, 0.1) is 25.9 Å². The van der Waals surface area contributed by atoms with E-state index in [0.717, 1.165) is 49.7 Å². The number of allylic oxidation sites excluding steroid dienone is 1. The molecule has 172 valence electrons. The summed E-state index contributed by atoms with van der Waals surface area (Å²) in [5, 5.41) is 14.0. The summed E-state index contributed by atoms with van der Waals surface area (Å²) in [4.78, 5) is 0. The molecule has 0 heterocycles. The van der Waals surface area contributed by atoms with E-state index in [4.69, 9.17) is 9.47 Å². The number of aliphatic hydroxyl groups is 1. The molecule has 4 aliphatic rings. The van der Waals surface area contributed by atoms with Gasteiger partial charge < -0.3 is 19.9 Å². The highest BCUT2D eigenvalue weighted by Gasteiger charge is 2.59. The second-order valence-electron chi connectivity index (χ2n) is 11.2. The highest BCUT2D eigenvalue weighted by Crippen LogP contribution is 2.66. The summed E-state index contributed by atoms with van der Waals surface area (Å²) in [7, 11) is 1.72. The van der Waals surface area contributed by atoms with E-state index in [-0.39, 0.29) is 6.10 Å². The lowest BCUT2D eigenvalue weighted by atomic mass is 9.47. The Labute approximate surface area is 184 Å². The summed E-state index contributed by atoms with van der Waals surface area (Å²) >= 11 is 0. The van der Waals surface area contributed by atoms with Gasteiger partial charge in [0.15, 0.2) is 0 Å². The standard InChI is InChI=1S/C26H45NO3/c1-18(27-13-14-30-16-15-29-4)22-7-8-23-21-6-5-19-17-20(28)9-11-25(19,2)24(21)10-12-26(22,23)3/h5,18,20-24,27-28H,6-17H2,1-4H3/t18-,20-,21-,22+,23-,24-,25-,26+/m0/s1. The lowest BCUT2D eigenvalue weighted by Gasteiger charge is -2.58. The zero-order valence-electron chi connectivity index (χ0n) is 19.8. The van der Waals surface area contributed by atoms with Crippen LogP contribution in [-0.4, -0.2) is 50.7 Å². The monoisotopic (exact) mass is 419 g/mol. The second-order valence-corrected chi connectivity index (χ2v) is 11.2. The van der Waals surface area contributed by atoms with Crippen molar-refractivity contribution in [3.63, 3.8) is 0 Å². The minimum Gasteiger partial charge on any atom is -0.393 e. The van der Waals surface area contributed by atoms with Gasteiger partial charge in [0.1, 0.15) is 0 Å². The fourth-order valence-electron chi connectivity index (χ4n) is 8.25. The van der Waals surface area contributed by atoms with Crippen LogP contribution in [0.25, 0.3) is 0 Å². The number of fused-ring (bicyclic) bond motifs is 5. The average Bonchev–Trinajstić information content (AvgIpc) is 3.08. The van der Waals surface area contributed by atoms with Crippen LogP contribution < -0.4 is 5.32 Å². The van der Waals surface area contributed by atoms with Gasteiger partial charge in [-0.1, -0.05) is 25.5 Å². The Hall–Kier alpha value is -0.420. The largest absolute Gasteiger partial charge is 0.393 e. The van der Waals surface area contributed by atoms with Crippen molar-refractivity contribution >= 4 is 0 Å². The molecule has 0 saturated heterocycles. The van der Waals surface area contributed by atoms with Gasteiger partial charge in [-0.15, -0.1) is 0 Å². The van der Waals surface area contributed by atoms with Crippen molar-refractivity contribution in [1.82, 2.24) is 5.32 Å². The van der Waals surface area contributed by atoms with Crippen LogP contribution in [0.5, 0.6) is 0 Å². The van der Waals surface area contributed by atoms with Crippen LogP contribution in [-0.2, 0) is 9.47 Å². The maximum atomic E-state index is 10.2. The lowest BCUT2D eigenvalue weighted by Crippen LogP contribution is -2.52. The van der Waals surface area contributed by atoms with Crippen molar-refractivity contribution in [3.8, 4) is 0 Å². The van der Waals surface area contributed by atoms with Crippen LogP contribution in [0, 0.1) is 34.5 Å². The molecular formula is C26H45NO3. The molecule has 4 aliphatic carbocycles. The molecule has 3 fully saturated rings. The van der Waals surface area contributed by atoms with Crippen LogP contribution in [0.1, 0.15) is 72.1 Å². The smallest absolute Gasteiger partial charge is 0.0700 e. The number of hydrogen-bond acceptors (Lipinski definition) is 4. The maximum absolute atomic E-state index is 10.2. The summed E-state index contributed by atoms with van der Waals surface area (Å²) in [6.45, 7) is 10.6. The van der Waals surface area contributed by atoms with Gasteiger partial charge in [-0.05, 0) is 92.8 Å². The molecule has 4 heteroatoms. The maximum Gasteiger partial charge on any atom is 0.0700 e. The van der Waals surface area contributed by atoms with Gasteiger partial charge in [-0.3, -0.25) is 0 Å². The fourth-order valence-corrected chi connectivity index (χ4v) is 8.25. The van der Waals surface area contributed by atoms with Gasteiger partial charge in [-0.25, -0.2) is 0 Å². The zero-order chi connectivity index (χ0) is 21.4. The average molecular weight is 420 g/mol. The molecule has 0 aromatic carbocycles. The van der Waals surface area contributed by atoms with Crippen molar-refractivity contribution in [2.75, 3.05) is 33.5 Å². The van der Waals surface area contributed by atoms with E-state index in [9.17, 15) is 5.11 Å². The molecule has 2 N–H and O–H groups in total. The molecule has 0 amide bonds. The van der Waals surface area contributed by atoms with Gasteiger partial charge in [0, 0.05) is 19.7 Å². The molecule has 0 aromatic heterocycles. The first-order chi connectivity index (χ1) is 14.4. The van der Waals surface area contributed by atoms with Crippen LogP contribution >= 0.6 is 0 Å². The van der Waals surface area contributed by atoms with Crippen molar-refractivity contribution in [3.05, 3.63) is 11.6 Å². The van der Waals surface area contributed by atoms with Gasteiger partial charge in [0.2, 0.25) is 0 Å². The van der Waals surface area contributed by atoms with Crippen LogP contribution in [0.15, 0.2) is 11.6 Å². The number of aliphatic hydroxyl groups excluding tert-OH is 1. The molecule has 4 rings (SSSR count). The zero-order valence-corrected chi connectivity index (χ0v) is 19.8. The van der Waals surface area contributed by atoms with Crippen molar-refractivity contribution in [1.29, 1.82) is 0 Å². The number of nitrogens with one attached hydrogen (secondary N) is 1. The van der Waals surface area contributed by atoms with Crippen LogP contribution in [0.3, 0.4) is 0 Å². The summed E-state index contributed by atoms with van der Waals surface area (Å²) in [6.07, 6.45) is 12.4. The summed E-state index contributed by atoms with van der Waals surface area (Å²) < 4.78 is 10.7. The molecule has 30 heavy (non-hydrogen) atoms. The van der Waals surface area contributed by atoms with Crippen molar-refractivity contribution < 1.29 is 14.6 Å². The number of methoxy groups -OCH3 is 1. The van der Waals surface area contributed by atoms with Crippen LogP contribution in [0.2, 0.25) is 0 Å². The third-order valence-electron chi connectivity index (χ3n) is 9.90. The third kappa shape index (κ3) is 4.02. The Bertz CT molecular complexity index is 621. The summed E-state index contributed by atoms with van der Waals surface area (Å²) in [5.41, 5.74) is 2.41. The summed E-state index contributed by atoms with van der Waals surface area (Å²) in [6, 6.07) is 0.553. The molecule has 8 atom stereocenters. The van der Waals surface area contributed by atoms with E-state index in [1.807, 2.05) is 0 Å². The molecule has 0 aromatic rings. The molecule has 0 radical (unpaired) electrons. The molecule has 0 bridgehead atoms. The molecular weight excluding hydrogens is 374 g/mol. The predicted octanol–water partition coefficient (Wildman–Crippen LogP) is 4.57. The Balaban J connectivity index is 1.39. The first kappa shape index (κ1) is 22.8. The van der Waals surface area contributed by atoms with E-state index < -0.39 is 0 Å². The molecule has 4 nitrogen and oxygen atoms in total. The highest BCUT2D eigenvalue weighted by molar-refractivity contribution is 5.25. The van der Waals surface area contributed by atoms with Crippen molar-refractivity contribution in [2.24, 2.45) is 34.5 Å². The highest BCUT2D eigenvalue weighted by atomic mass is 16.5. The predicted molar refractivity (Wildman–Crippen MR) is 121 cm³/mol. The first-order valence-corrected chi connectivity index (χ1v) is 12.6. The molecule has 0 spiro atoms. The Morgan fingerprint density at radius 3 is 2.73 bits per heavy atom. The Morgan fingerprint density at radius 2 is 1.93 bits per heavy atom.